The number of carbonyl (C=O) groups excluding carboxylic acids is 1. The van der Waals surface area contributed by atoms with Crippen LogP contribution in [0.5, 0.6) is 5.75 Å². The van der Waals surface area contributed by atoms with Crippen molar-refractivity contribution in [2.75, 3.05) is 23.5 Å². The van der Waals surface area contributed by atoms with Crippen molar-refractivity contribution >= 4 is 45.5 Å². The van der Waals surface area contributed by atoms with Gasteiger partial charge in [0.15, 0.2) is 4.34 Å². The van der Waals surface area contributed by atoms with Crippen molar-refractivity contribution in [3.8, 4) is 5.75 Å². The molecule has 3 aromatic rings. The van der Waals surface area contributed by atoms with E-state index in [-0.39, 0.29) is 11.4 Å². The molecule has 0 spiro atoms. The Morgan fingerprint density at radius 2 is 1.96 bits per heavy atom. The summed E-state index contributed by atoms with van der Waals surface area (Å²) in [7, 11) is 1.59. The number of aromatic nitrogens is 2. The monoisotopic (exact) mass is 408 g/mol. The largest absolute Gasteiger partial charge is 0.497 e. The number of nitrogens with one attached hydrogen (secondary N) is 2. The zero-order chi connectivity index (χ0) is 19.2. The molecule has 6 nitrogen and oxygen atoms in total. The molecule has 27 heavy (non-hydrogen) atoms. The Morgan fingerprint density at radius 3 is 2.67 bits per heavy atom. The van der Waals surface area contributed by atoms with Crippen LogP contribution in [0.3, 0.4) is 0 Å². The summed E-state index contributed by atoms with van der Waals surface area (Å²) in [6.45, 7) is 0. The standard InChI is InChI=1S/C17H14F2N4O2S2/c1-25-12-5-3-11(4-6-12)20-16-22-23-17(27-16)26-9-15(24)21-14-7-2-10(18)8-13(14)19/h2-8H,9H2,1H3,(H,20,22)(H,21,24). The van der Waals surface area contributed by atoms with Crippen LogP contribution < -0.4 is 15.4 Å². The first kappa shape index (κ1) is 19.1. The molecule has 1 aromatic heterocycles. The lowest BCUT2D eigenvalue weighted by atomic mass is 10.3. The number of hydrogen-bond donors (Lipinski definition) is 2. The molecule has 1 amide bonds. The molecule has 140 valence electrons. The van der Waals surface area contributed by atoms with Gasteiger partial charge in [-0.05, 0) is 36.4 Å². The predicted molar refractivity (Wildman–Crippen MR) is 102 cm³/mol. The smallest absolute Gasteiger partial charge is 0.234 e. The third kappa shape index (κ3) is 5.38. The van der Waals surface area contributed by atoms with Gasteiger partial charge in [0.25, 0.3) is 0 Å². The van der Waals surface area contributed by atoms with Gasteiger partial charge >= 0.3 is 0 Å². The molecule has 0 aliphatic heterocycles. The Hall–Kier alpha value is -2.72. The maximum atomic E-state index is 13.5. The van der Waals surface area contributed by atoms with Crippen molar-refractivity contribution < 1.29 is 18.3 Å². The lowest BCUT2D eigenvalue weighted by Gasteiger charge is -2.05. The van der Waals surface area contributed by atoms with Crippen molar-refractivity contribution in [1.29, 1.82) is 0 Å². The van der Waals surface area contributed by atoms with Crippen LogP contribution in [0.25, 0.3) is 0 Å². The fraction of sp³-hybridized carbons (Fsp3) is 0.118. The van der Waals surface area contributed by atoms with Crippen LogP contribution in [0.2, 0.25) is 0 Å². The lowest BCUT2D eigenvalue weighted by Crippen LogP contribution is -2.15. The van der Waals surface area contributed by atoms with E-state index in [1.807, 2.05) is 24.3 Å². The van der Waals surface area contributed by atoms with Crippen LogP contribution in [-0.4, -0.2) is 29.0 Å². The van der Waals surface area contributed by atoms with Gasteiger partial charge < -0.3 is 15.4 Å². The van der Waals surface area contributed by atoms with Crippen LogP contribution in [0, 0.1) is 11.6 Å². The van der Waals surface area contributed by atoms with Crippen molar-refractivity contribution in [2.45, 2.75) is 4.34 Å². The summed E-state index contributed by atoms with van der Waals surface area (Å²) in [5.74, 6) is -1.18. The number of nitrogens with zero attached hydrogens (tertiary/aromatic N) is 2. The summed E-state index contributed by atoms with van der Waals surface area (Å²) in [6.07, 6.45) is 0. The average Bonchev–Trinajstić information content (AvgIpc) is 3.10. The van der Waals surface area contributed by atoms with E-state index in [9.17, 15) is 13.6 Å². The summed E-state index contributed by atoms with van der Waals surface area (Å²) >= 11 is 2.46. The molecule has 0 aliphatic rings. The van der Waals surface area contributed by atoms with Gasteiger partial charge in [0.2, 0.25) is 11.0 Å². The van der Waals surface area contributed by atoms with Crippen LogP contribution in [0.4, 0.5) is 25.3 Å². The molecule has 0 saturated heterocycles. The molecule has 0 unspecified atom stereocenters. The van der Waals surface area contributed by atoms with E-state index in [4.69, 9.17) is 4.74 Å². The molecule has 0 saturated carbocycles. The highest BCUT2D eigenvalue weighted by atomic mass is 32.2. The van der Waals surface area contributed by atoms with Gasteiger partial charge in [0, 0.05) is 11.8 Å². The molecule has 2 aromatic carbocycles. The molecule has 2 N–H and O–H groups in total. The molecule has 0 radical (unpaired) electrons. The second-order valence-electron chi connectivity index (χ2n) is 5.19. The number of benzene rings is 2. The van der Waals surface area contributed by atoms with Crippen molar-refractivity contribution in [1.82, 2.24) is 10.2 Å². The molecule has 0 fully saturated rings. The minimum absolute atomic E-state index is 0.0218. The van der Waals surface area contributed by atoms with Crippen molar-refractivity contribution in [3.63, 3.8) is 0 Å². The van der Waals surface area contributed by atoms with Crippen LogP contribution in [0.15, 0.2) is 46.8 Å². The Bertz CT molecular complexity index is 935. The van der Waals surface area contributed by atoms with Gasteiger partial charge in [0.1, 0.15) is 17.4 Å². The normalized spacial score (nSPS) is 10.5. The van der Waals surface area contributed by atoms with E-state index in [1.54, 1.807) is 7.11 Å². The SMILES string of the molecule is COc1ccc(Nc2nnc(SCC(=O)Nc3ccc(F)cc3F)s2)cc1. The van der Waals surface area contributed by atoms with Crippen molar-refractivity contribution in [3.05, 3.63) is 54.1 Å². The fourth-order valence-electron chi connectivity index (χ4n) is 2.02. The van der Waals surface area contributed by atoms with E-state index >= 15 is 0 Å². The predicted octanol–water partition coefficient (Wildman–Crippen LogP) is 4.30. The number of anilines is 3. The summed E-state index contributed by atoms with van der Waals surface area (Å²) in [4.78, 5) is 11.9. The number of ether oxygens (including phenoxy) is 1. The second-order valence-corrected chi connectivity index (χ2v) is 7.39. The van der Waals surface area contributed by atoms with E-state index in [0.29, 0.717) is 15.5 Å². The highest BCUT2D eigenvalue weighted by Crippen LogP contribution is 2.28. The molecule has 1 heterocycles. The summed E-state index contributed by atoms with van der Waals surface area (Å²) in [6, 6.07) is 10.3. The van der Waals surface area contributed by atoms with Gasteiger partial charge in [-0.1, -0.05) is 23.1 Å². The number of halogens is 2. The molecule has 3 rings (SSSR count). The number of amides is 1. The van der Waals surface area contributed by atoms with Gasteiger partial charge in [-0.25, -0.2) is 8.78 Å². The Balaban J connectivity index is 1.52. The zero-order valence-corrected chi connectivity index (χ0v) is 15.7. The average molecular weight is 408 g/mol. The second kappa shape index (κ2) is 8.78. The Labute approximate surface area is 162 Å². The number of carbonyl (C=O) groups is 1. The van der Waals surface area contributed by atoms with Crippen LogP contribution in [-0.2, 0) is 4.79 Å². The van der Waals surface area contributed by atoms with E-state index in [1.165, 1.54) is 29.2 Å². The third-order valence-corrected chi connectivity index (χ3v) is 5.25. The first-order chi connectivity index (χ1) is 13.0. The Morgan fingerprint density at radius 1 is 1.19 bits per heavy atom. The number of hydrogen-bond acceptors (Lipinski definition) is 7. The molecule has 10 heteroatoms. The summed E-state index contributed by atoms with van der Waals surface area (Å²) in [5.41, 5.74) is 0.758. The maximum Gasteiger partial charge on any atom is 0.234 e. The minimum atomic E-state index is -0.824. The van der Waals surface area contributed by atoms with Crippen molar-refractivity contribution in [2.24, 2.45) is 0 Å². The maximum absolute atomic E-state index is 13.5. The zero-order valence-electron chi connectivity index (χ0n) is 14.0. The highest BCUT2D eigenvalue weighted by molar-refractivity contribution is 8.01. The highest BCUT2D eigenvalue weighted by Gasteiger charge is 2.11. The third-order valence-electron chi connectivity index (χ3n) is 3.28. The van der Waals surface area contributed by atoms with Gasteiger partial charge in [-0.3, -0.25) is 4.79 Å². The van der Waals surface area contributed by atoms with E-state index in [2.05, 4.69) is 20.8 Å². The molecule has 0 aliphatic carbocycles. The van der Waals surface area contributed by atoms with Crippen LogP contribution >= 0.6 is 23.1 Å². The molecule has 0 bridgehead atoms. The summed E-state index contributed by atoms with van der Waals surface area (Å²) < 4.78 is 32.1. The van der Waals surface area contributed by atoms with E-state index in [0.717, 1.165) is 17.5 Å². The van der Waals surface area contributed by atoms with Gasteiger partial charge in [-0.15, -0.1) is 10.2 Å². The fourth-order valence-corrected chi connectivity index (χ4v) is 3.59. The first-order valence-corrected chi connectivity index (χ1v) is 9.46. The molecular weight excluding hydrogens is 394 g/mol. The topological polar surface area (TPSA) is 76.1 Å². The van der Waals surface area contributed by atoms with E-state index < -0.39 is 17.5 Å². The molecule has 0 atom stereocenters. The number of thioether (sulfide) groups is 1. The summed E-state index contributed by atoms with van der Waals surface area (Å²) in [5, 5.41) is 14.1. The number of rotatable bonds is 7. The Kier molecular flexibility index (Phi) is 6.20. The van der Waals surface area contributed by atoms with Gasteiger partial charge in [-0.2, -0.15) is 0 Å². The number of methoxy groups -OCH3 is 1. The quantitative estimate of drug-likeness (QED) is 0.568. The molecular formula is C17H14F2N4O2S2. The van der Waals surface area contributed by atoms with Gasteiger partial charge in [0.05, 0.1) is 18.6 Å². The first-order valence-electron chi connectivity index (χ1n) is 7.66. The van der Waals surface area contributed by atoms with Crippen LogP contribution in [0.1, 0.15) is 0 Å². The lowest BCUT2D eigenvalue weighted by molar-refractivity contribution is -0.113. The minimum Gasteiger partial charge on any atom is -0.497 e.